The number of hydrogen-bond acceptors (Lipinski definition) is 5. The van der Waals surface area contributed by atoms with Gasteiger partial charge in [0.15, 0.2) is 0 Å². The van der Waals surface area contributed by atoms with Crippen molar-refractivity contribution in [2.75, 3.05) is 6.61 Å². The maximum atomic E-state index is 12.5. The van der Waals surface area contributed by atoms with Gasteiger partial charge in [0, 0.05) is 13.0 Å². The summed E-state index contributed by atoms with van der Waals surface area (Å²) in [6, 6.07) is 7.86. The summed E-state index contributed by atoms with van der Waals surface area (Å²) in [5.74, 6) is -0.111. The Morgan fingerprint density at radius 1 is 1.38 bits per heavy atom. The van der Waals surface area contributed by atoms with Gasteiger partial charge in [0.25, 0.3) is 15.9 Å². The van der Waals surface area contributed by atoms with E-state index in [4.69, 9.17) is 4.74 Å². The van der Waals surface area contributed by atoms with Crippen molar-refractivity contribution in [3.63, 3.8) is 0 Å². The number of aryl methyl sites for hydroxylation is 1. The molecule has 0 saturated heterocycles. The molecule has 1 aromatic carbocycles. The van der Waals surface area contributed by atoms with Crippen LogP contribution < -0.4 is 9.46 Å². The van der Waals surface area contributed by atoms with E-state index in [9.17, 15) is 13.2 Å². The molecule has 0 atom stereocenters. The third kappa shape index (κ3) is 3.28. The van der Waals surface area contributed by atoms with Crippen LogP contribution in [0.3, 0.4) is 0 Å². The average Bonchev–Trinajstić information content (AvgIpc) is 3.30. The minimum absolute atomic E-state index is 0.0650. The zero-order valence-electron chi connectivity index (χ0n) is 13.5. The Bertz CT molecular complexity index is 869. The molecule has 1 aliphatic carbocycles. The van der Waals surface area contributed by atoms with E-state index in [-0.39, 0.29) is 16.3 Å². The summed E-state index contributed by atoms with van der Waals surface area (Å²) in [6.45, 7) is 2.09. The van der Waals surface area contributed by atoms with Crippen molar-refractivity contribution in [3.8, 4) is 5.75 Å². The number of carbonyl (C=O) groups is 1. The standard InChI is InChI=1S/C16H19N3O4S/c1-3-23-14-6-4-5-7-15(14)24(21,22)18-16(20)13-10-12(11-8-9-11)17-19(13)2/h4-7,10-11H,3,8-9H2,1-2H3,(H,18,20). The molecule has 1 heterocycles. The molecule has 0 bridgehead atoms. The largest absolute Gasteiger partial charge is 0.492 e. The number of rotatable bonds is 6. The smallest absolute Gasteiger partial charge is 0.283 e. The lowest BCUT2D eigenvalue weighted by molar-refractivity contribution is 0.0972. The molecule has 8 heteroatoms. The predicted octanol–water partition coefficient (Wildman–Crippen LogP) is 1.81. The molecule has 24 heavy (non-hydrogen) atoms. The highest BCUT2D eigenvalue weighted by Crippen LogP contribution is 2.39. The van der Waals surface area contributed by atoms with E-state index in [0.717, 1.165) is 18.5 Å². The van der Waals surface area contributed by atoms with Crippen LogP contribution in [0.25, 0.3) is 0 Å². The first kappa shape index (κ1) is 16.5. The van der Waals surface area contributed by atoms with Crippen LogP contribution in [0.5, 0.6) is 5.75 Å². The molecule has 1 amide bonds. The summed E-state index contributed by atoms with van der Waals surface area (Å²) in [7, 11) is -2.41. The molecule has 0 radical (unpaired) electrons. The third-order valence-corrected chi connectivity index (χ3v) is 5.16. The molecule has 0 spiro atoms. The maximum absolute atomic E-state index is 12.5. The van der Waals surface area contributed by atoms with E-state index in [0.29, 0.717) is 12.5 Å². The highest BCUT2D eigenvalue weighted by molar-refractivity contribution is 7.90. The second-order valence-electron chi connectivity index (χ2n) is 5.67. The highest BCUT2D eigenvalue weighted by atomic mass is 32.2. The number of benzene rings is 1. The second-order valence-corrected chi connectivity index (χ2v) is 7.32. The number of hydrogen-bond donors (Lipinski definition) is 1. The normalized spacial score (nSPS) is 14.4. The average molecular weight is 349 g/mol. The summed E-state index contributed by atoms with van der Waals surface area (Å²) in [5.41, 5.74) is 1.05. The molecule has 1 fully saturated rings. The Morgan fingerprint density at radius 2 is 2.08 bits per heavy atom. The first-order valence-electron chi connectivity index (χ1n) is 7.75. The van der Waals surface area contributed by atoms with Crippen molar-refractivity contribution in [1.29, 1.82) is 0 Å². The number of amides is 1. The van der Waals surface area contributed by atoms with Crippen molar-refractivity contribution in [3.05, 3.63) is 41.7 Å². The minimum atomic E-state index is -4.04. The van der Waals surface area contributed by atoms with Crippen LogP contribution in [0.4, 0.5) is 0 Å². The number of ether oxygens (including phenoxy) is 1. The molecule has 1 aromatic heterocycles. The van der Waals surface area contributed by atoms with Crippen molar-refractivity contribution >= 4 is 15.9 Å². The summed E-state index contributed by atoms with van der Waals surface area (Å²) in [4.78, 5) is 12.3. The maximum Gasteiger partial charge on any atom is 0.283 e. The number of para-hydroxylation sites is 1. The molecule has 1 saturated carbocycles. The zero-order chi connectivity index (χ0) is 17.3. The van der Waals surface area contributed by atoms with Gasteiger partial charge in [-0.15, -0.1) is 0 Å². The molecule has 7 nitrogen and oxygen atoms in total. The van der Waals surface area contributed by atoms with Crippen LogP contribution in [0.15, 0.2) is 35.2 Å². The van der Waals surface area contributed by atoms with Gasteiger partial charge in [-0.3, -0.25) is 9.48 Å². The van der Waals surface area contributed by atoms with Crippen molar-refractivity contribution < 1.29 is 17.9 Å². The molecular formula is C16H19N3O4S. The number of aromatic nitrogens is 2. The van der Waals surface area contributed by atoms with E-state index in [1.807, 2.05) is 0 Å². The van der Waals surface area contributed by atoms with Gasteiger partial charge in [-0.1, -0.05) is 12.1 Å². The quantitative estimate of drug-likeness (QED) is 0.859. The Morgan fingerprint density at radius 3 is 2.75 bits per heavy atom. The number of carbonyl (C=O) groups excluding carboxylic acids is 1. The monoisotopic (exact) mass is 349 g/mol. The van der Waals surface area contributed by atoms with Crippen LogP contribution in [-0.4, -0.2) is 30.7 Å². The van der Waals surface area contributed by atoms with Gasteiger partial charge in [0.1, 0.15) is 16.3 Å². The third-order valence-electron chi connectivity index (χ3n) is 3.79. The molecule has 0 aliphatic heterocycles. The van der Waals surface area contributed by atoms with Gasteiger partial charge in [0.05, 0.1) is 12.3 Å². The topological polar surface area (TPSA) is 90.3 Å². The van der Waals surface area contributed by atoms with Crippen LogP contribution >= 0.6 is 0 Å². The first-order chi connectivity index (χ1) is 11.4. The summed E-state index contributed by atoms with van der Waals surface area (Å²) in [6.07, 6.45) is 2.11. The van der Waals surface area contributed by atoms with Gasteiger partial charge < -0.3 is 4.74 Å². The second kappa shape index (κ2) is 6.27. The lowest BCUT2D eigenvalue weighted by Gasteiger charge is -2.11. The number of nitrogens with one attached hydrogen (secondary N) is 1. The van der Waals surface area contributed by atoms with Crippen LogP contribution in [0.2, 0.25) is 0 Å². The van der Waals surface area contributed by atoms with Gasteiger partial charge in [0.2, 0.25) is 0 Å². The van der Waals surface area contributed by atoms with E-state index >= 15 is 0 Å². The summed E-state index contributed by atoms with van der Waals surface area (Å²) in [5, 5.41) is 4.28. The zero-order valence-corrected chi connectivity index (χ0v) is 14.3. The fourth-order valence-corrected chi connectivity index (χ4v) is 3.56. The predicted molar refractivity (Wildman–Crippen MR) is 87.4 cm³/mol. The van der Waals surface area contributed by atoms with Crippen molar-refractivity contribution in [2.45, 2.75) is 30.6 Å². The van der Waals surface area contributed by atoms with Gasteiger partial charge >= 0.3 is 0 Å². The SMILES string of the molecule is CCOc1ccccc1S(=O)(=O)NC(=O)c1cc(C2CC2)nn1C. The van der Waals surface area contributed by atoms with Crippen LogP contribution in [0.1, 0.15) is 41.9 Å². The van der Waals surface area contributed by atoms with Gasteiger partial charge in [-0.05, 0) is 38.0 Å². The number of nitrogens with zero attached hydrogens (tertiary/aromatic N) is 2. The fourth-order valence-electron chi connectivity index (χ4n) is 2.46. The van der Waals surface area contributed by atoms with Crippen molar-refractivity contribution in [2.24, 2.45) is 7.05 Å². The molecular weight excluding hydrogens is 330 g/mol. The van der Waals surface area contributed by atoms with Crippen LogP contribution in [0, 0.1) is 0 Å². The summed E-state index contributed by atoms with van der Waals surface area (Å²) < 4.78 is 33.9. The molecule has 3 rings (SSSR count). The number of sulfonamides is 1. The Labute approximate surface area is 140 Å². The lowest BCUT2D eigenvalue weighted by Crippen LogP contribution is -2.32. The van der Waals surface area contributed by atoms with E-state index in [2.05, 4.69) is 9.82 Å². The molecule has 1 N–H and O–H groups in total. The van der Waals surface area contributed by atoms with Gasteiger partial charge in [-0.2, -0.15) is 5.10 Å². The van der Waals surface area contributed by atoms with E-state index in [1.165, 1.54) is 10.7 Å². The van der Waals surface area contributed by atoms with E-state index in [1.54, 1.807) is 38.2 Å². The Hall–Kier alpha value is -2.35. The molecule has 2 aromatic rings. The van der Waals surface area contributed by atoms with Crippen molar-refractivity contribution in [1.82, 2.24) is 14.5 Å². The lowest BCUT2D eigenvalue weighted by atomic mass is 10.2. The first-order valence-corrected chi connectivity index (χ1v) is 9.23. The highest BCUT2D eigenvalue weighted by Gasteiger charge is 2.29. The molecule has 1 aliphatic rings. The minimum Gasteiger partial charge on any atom is -0.492 e. The Kier molecular flexibility index (Phi) is 4.31. The fraction of sp³-hybridized carbons (Fsp3) is 0.375. The molecule has 0 unspecified atom stereocenters. The van der Waals surface area contributed by atoms with E-state index < -0.39 is 15.9 Å². The summed E-state index contributed by atoms with van der Waals surface area (Å²) >= 11 is 0. The Balaban J connectivity index is 1.85. The van der Waals surface area contributed by atoms with Crippen LogP contribution in [-0.2, 0) is 17.1 Å². The van der Waals surface area contributed by atoms with Gasteiger partial charge in [-0.25, -0.2) is 13.1 Å². The molecule has 128 valence electrons.